The van der Waals surface area contributed by atoms with Crippen LogP contribution in [0, 0.1) is 11.3 Å². The van der Waals surface area contributed by atoms with Crippen molar-refractivity contribution in [3.05, 3.63) is 54.1 Å². The van der Waals surface area contributed by atoms with Gasteiger partial charge in [0, 0.05) is 31.1 Å². The standard InChI is InChI=1S/C36H49N3O11S/c1-36(2,15-6-7-16-47-34(41)37-25-10-11-25)22-38(51(44,45)26-12-13-31-32(19-26)50-23-49-31)20-30(40)28(18-24-8-4-3-5-9-24)39(35(42)43)29-21-48-33-27(29)14-17-46-33/h3-5,8-9,12-13,19,25,27-30,33,40H,6-7,10-11,14-18,20-23H2,1-2H3,(H,37,41)(H,42,43)/t27-,28-,29-,30+,33+/m0/s1. The lowest BCUT2D eigenvalue weighted by Crippen LogP contribution is -2.58. The highest BCUT2D eigenvalue weighted by Gasteiger charge is 2.49. The van der Waals surface area contributed by atoms with E-state index < -0.39 is 52.1 Å². The number of benzene rings is 2. The number of fused-ring (bicyclic) bond motifs is 2. The van der Waals surface area contributed by atoms with Gasteiger partial charge in [0.15, 0.2) is 17.8 Å². The second kappa shape index (κ2) is 15.9. The number of hydrogen-bond donors (Lipinski definition) is 3. The first-order chi connectivity index (χ1) is 24.4. The third kappa shape index (κ3) is 9.24. The smallest absolute Gasteiger partial charge is 0.407 e. The van der Waals surface area contributed by atoms with Crippen molar-refractivity contribution in [1.29, 1.82) is 0 Å². The second-order valence-electron chi connectivity index (χ2n) is 14.6. The summed E-state index contributed by atoms with van der Waals surface area (Å²) in [6.45, 7) is 4.33. The highest BCUT2D eigenvalue weighted by molar-refractivity contribution is 7.89. The average Bonchev–Trinajstić information content (AvgIpc) is 3.43. The normalized spacial score (nSPS) is 22.4. The molecule has 280 valence electrons. The maximum atomic E-state index is 14.5. The molecule has 0 spiro atoms. The van der Waals surface area contributed by atoms with Crippen LogP contribution in [0.1, 0.15) is 57.9 Å². The summed E-state index contributed by atoms with van der Waals surface area (Å²) in [4.78, 5) is 26.2. The van der Waals surface area contributed by atoms with Crippen molar-refractivity contribution in [2.24, 2.45) is 11.3 Å². The fraction of sp³-hybridized carbons (Fsp3) is 0.611. The first-order valence-corrected chi connectivity index (χ1v) is 19.1. The van der Waals surface area contributed by atoms with E-state index in [1.807, 2.05) is 44.2 Å². The molecule has 15 heteroatoms. The lowest BCUT2D eigenvalue weighted by Gasteiger charge is -2.40. The second-order valence-corrected chi connectivity index (χ2v) is 16.5. The van der Waals surface area contributed by atoms with Crippen molar-refractivity contribution in [2.75, 3.05) is 39.7 Å². The molecule has 4 aliphatic rings. The number of rotatable bonds is 17. The number of sulfonamides is 1. The Morgan fingerprint density at radius 2 is 1.80 bits per heavy atom. The van der Waals surface area contributed by atoms with Crippen molar-refractivity contribution in [3.8, 4) is 11.5 Å². The summed E-state index contributed by atoms with van der Waals surface area (Å²) in [5.41, 5.74) is 0.221. The largest absolute Gasteiger partial charge is 0.465 e. The van der Waals surface area contributed by atoms with Crippen molar-refractivity contribution in [3.63, 3.8) is 0 Å². The maximum absolute atomic E-state index is 14.5. The molecule has 0 aromatic heterocycles. The lowest BCUT2D eigenvalue weighted by atomic mass is 9.87. The Hall–Kier alpha value is -3.63. The topological polar surface area (TPSA) is 173 Å². The first-order valence-electron chi connectivity index (χ1n) is 17.7. The van der Waals surface area contributed by atoms with Crippen LogP contribution in [-0.4, -0.2) is 110 Å². The van der Waals surface area contributed by atoms with Crippen LogP contribution >= 0.6 is 0 Å². The van der Waals surface area contributed by atoms with Crippen LogP contribution in [0.2, 0.25) is 0 Å². The van der Waals surface area contributed by atoms with Gasteiger partial charge in [-0.2, -0.15) is 4.31 Å². The Labute approximate surface area is 299 Å². The van der Waals surface area contributed by atoms with Crippen LogP contribution in [-0.2, 0) is 30.7 Å². The van der Waals surface area contributed by atoms with Gasteiger partial charge in [-0.15, -0.1) is 0 Å². The van der Waals surface area contributed by atoms with Gasteiger partial charge < -0.3 is 39.2 Å². The number of aliphatic hydroxyl groups is 1. The van der Waals surface area contributed by atoms with E-state index in [-0.39, 0.29) is 56.4 Å². The molecule has 1 saturated carbocycles. The van der Waals surface area contributed by atoms with Crippen LogP contribution in [0.3, 0.4) is 0 Å². The highest BCUT2D eigenvalue weighted by atomic mass is 32.2. The number of amides is 2. The molecule has 2 amide bonds. The number of carbonyl (C=O) groups is 2. The summed E-state index contributed by atoms with van der Waals surface area (Å²) in [5, 5.41) is 25.5. The van der Waals surface area contributed by atoms with Crippen LogP contribution in [0.15, 0.2) is 53.4 Å². The van der Waals surface area contributed by atoms with Gasteiger partial charge in [-0.05, 0) is 68.1 Å². The molecule has 0 radical (unpaired) electrons. The van der Waals surface area contributed by atoms with E-state index in [1.165, 1.54) is 21.3 Å². The third-order valence-electron chi connectivity index (χ3n) is 10.0. The molecule has 5 atom stereocenters. The monoisotopic (exact) mass is 731 g/mol. The number of nitrogens with one attached hydrogen (secondary N) is 1. The number of carboxylic acid groups (broad SMARTS) is 1. The summed E-state index contributed by atoms with van der Waals surface area (Å²) >= 11 is 0. The molecule has 0 bridgehead atoms. The molecule has 14 nitrogen and oxygen atoms in total. The molecular formula is C36H49N3O11S. The summed E-state index contributed by atoms with van der Waals surface area (Å²) in [6, 6.07) is 12.3. The molecule has 3 heterocycles. The number of aliphatic hydroxyl groups excluding tert-OH is 1. The van der Waals surface area contributed by atoms with Crippen molar-refractivity contribution < 1.29 is 51.9 Å². The van der Waals surface area contributed by atoms with Crippen LogP contribution in [0.4, 0.5) is 9.59 Å². The highest BCUT2D eigenvalue weighted by Crippen LogP contribution is 2.38. The summed E-state index contributed by atoms with van der Waals surface area (Å²) < 4.78 is 57.9. The Bertz CT molecular complexity index is 1620. The van der Waals surface area contributed by atoms with Crippen LogP contribution < -0.4 is 14.8 Å². The SMILES string of the molecule is CC(C)(CCCCOC(=O)NC1CC1)CN(C[C@@H](O)[C@H](Cc1ccccc1)N(C(=O)O)[C@H]1CO[C@H]2OCC[C@H]21)S(=O)(=O)c1ccc2c(c1)OCO2. The maximum Gasteiger partial charge on any atom is 0.407 e. The van der Waals surface area contributed by atoms with E-state index >= 15 is 0 Å². The fourth-order valence-electron chi connectivity index (χ4n) is 7.16. The van der Waals surface area contributed by atoms with E-state index in [4.69, 9.17) is 23.7 Å². The van der Waals surface area contributed by atoms with E-state index in [0.717, 1.165) is 18.4 Å². The molecule has 51 heavy (non-hydrogen) atoms. The Morgan fingerprint density at radius 1 is 1.04 bits per heavy atom. The molecule has 0 unspecified atom stereocenters. The van der Waals surface area contributed by atoms with Gasteiger partial charge in [-0.3, -0.25) is 4.90 Å². The molecule has 3 N–H and O–H groups in total. The zero-order valence-electron chi connectivity index (χ0n) is 29.1. The number of nitrogens with zero attached hydrogens (tertiary/aromatic N) is 2. The van der Waals surface area contributed by atoms with Gasteiger partial charge in [0.1, 0.15) is 0 Å². The summed E-state index contributed by atoms with van der Waals surface area (Å²) in [7, 11) is -4.24. The van der Waals surface area contributed by atoms with Gasteiger partial charge in [-0.1, -0.05) is 44.2 Å². The van der Waals surface area contributed by atoms with Gasteiger partial charge in [0.2, 0.25) is 16.8 Å². The minimum absolute atomic E-state index is 0.0236. The van der Waals surface area contributed by atoms with Crippen molar-refractivity contribution >= 4 is 22.2 Å². The quantitative estimate of drug-likeness (QED) is 0.199. The summed E-state index contributed by atoms with van der Waals surface area (Å²) in [5.74, 6) is 0.528. The molecule has 6 rings (SSSR count). The van der Waals surface area contributed by atoms with E-state index in [2.05, 4.69) is 5.32 Å². The predicted octanol–water partition coefficient (Wildman–Crippen LogP) is 4.20. The van der Waals surface area contributed by atoms with Crippen LogP contribution in [0.25, 0.3) is 0 Å². The zero-order chi connectivity index (χ0) is 36.2. The number of unbranched alkanes of at least 4 members (excludes halogenated alkanes) is 1. The van der Waals surface area contributed by atoms with Gasteiger partial charge in [-0.25, -0.2) is 18.0 Å². The number of carbonyl (C=O) groups excluding carboxylic acids is 1. The molecule has 2 aromatic rings. The lowest BCUT2D eigenvalue weighted by molar-refractivity contribution is -0.0906. The molecule has 3 fully saturated rings. The van der Waals surface area contributed by atoms with Gasteiger partial charge >= 0.3 is 12.2 Å². The van der Waals surface area contributed by atoms with Gasteiger partial charge in [0.05, 0.1) is 42.9 Å². The molecule has 3 aliphatic heterocycles. The van der Waals surface area contributed by atoms with Crippen LogP contribution in [0.5, 0.6) is 11.5 Å². The Morgan fingerprint density at radius 3 is 2.55 bits per heavy atom. The van der Waals surface area contributed by atoms with Crippen molar-refractivity contribution in [2.45, 2.75) is 94.2 Å². The number of alkyl carbamates (subject to hydrolysis) is 1. The first kappa shape index (κ1) is 37.1. The molecule has 1 aliphatic carbocycles. The van der Waals surface area contributed by atoms with E-state index in [9.17, 15) is 28.2 Å². The number of ether oxygens (including phenoxy) is 5. The molecular weight excluding hydrogens is 682 g/mol. The minimum Gasteiger partial charge on any atom is -0.465 e. The predicted molar refractivity (Wildman–Crippen MR) is 184 cm³/mol. The van der Waals surface area contributed by atoms with E-state index in [1.54, 1.807) is 6.07 Å². The average molecular weight is 732 g/mol. The Kier molecular flexibility index (Phi) is 11.6. The summed E-state index contributed by atoms with van der Waals surface area (Å²) in [6.07, 6.45) is 0.977. The zero-order valence-corrected chi connectivity index (χ0v) is 30.0. The fourth-order valence-corrected chi connectivity index (χ4v) is 8.82. The number of hydrogen-bond acceptors (Lipinski definition) is 10. The third-order valence-corrected chi connectivity index (χ3v) is 11.8. The molecule has 2 aromatic carbocycles. The van der Waals surface area contributed by atoms with Gasteiger partial charge in [0.25, 0.3) is 0 Å². The van der Waals surface area contributed by atoms with Crippen molar-refractivity contribution in [1.82, 2.24) is 14.5 Å². The Balaban J connectivity index is 1.24. The van der Waals surface area contributed by atoms with E-state index in [0.29, 0.717) is 43.8 Å². The minimum atomic E-state index is -4.24. The molecule has 2 saturated heterocycles.